The van der Waals surface area contributed by atoms with E-state index < -0.39 is 0 Å². The highest BCUT2D eigenvalue weighted by molar-refractivity contribution is 6.06. The summed E-state index contributed by atoms with van der Waals surface area (Å²) in [6.45, 7) is 7.14. The van der Waals surface area contributed by atoms with Gasteiger partial charge in [-0.15, -0.1) is 0 Å². The first-order chi connectivity index (χ1) is 15.1. The molecule has 31 heavy (non-hydrogen) atoms. The average molecular weight is 420 g/mol. The van der Waals surface area contributed by atoms with E-state index in [0.29, 0.717) is 12.2 Å². The zero-order valence-corrected chi connectivity index (χ0v) is 18.1. The summed E-state index contributed by atoms with van der Waals surface area (Å²) in [7, 11) is 0. The molecule has 1 fully saturated rings. The predicted octanol–water partition coefficient (Wildman–Crippen LogP) is 4.46. The Morgan fingerprint density at radius 2 is 2.06 bits per heavy atom. The van der Waals surface area contributed by atoms with Gasteiger partial charge in [0, 0.05) is 36.0 Å². The number of anilines is 1. The Hall–Kier alpha value is -2.96. The van der Waals surface area contributed by atoms with E-state index in [-0.39, 0.29) is 12.0 Å². The van der Waals surface area contributed by atoms with Gasteiger partial charge in [-0.3, -0.25) is 9.78 Å². The van der Waals surface area contributed by atoms with E-state index in [4.69, 9.17) is 9.47 Å². The molecule has 0 saturated carbocycles. The molecule has 6 nitrogen and oxygen atoms in total. The summed E-state index contributed by atoms with van der Waals surface area (Å²) in [6, 6.07) is 13.3. The van der Waals surface area contributed by atoms with Crippen LogP contribution in [0, 0.1) is 6.92 Å². The van der Waals surface area contributed by atoms with Crippen LogP contribution < -0.4 is 15.4 Å². The Bertz CT molecular complexity index is 1040. The molecule has 0 radical (unpaired) electrons. The number of hydrogen-bond acceptors (Lipinski definition) is 5. The molecular weight excluding hydrogens is 390 g/mol. The molecule has 0 bridgehead atoms. The number of nitrogens with zero attached hydrogens (tertiary/aromatic N) is 1. The number of carbonyl (C=O) groups is 1. The number of aryl methyl sites for hydroxylation is 1. The maximum absolute atomic E-state index is 12.8. The van der Waals surface area contributed by atoms with Gasteiger partial charge in [0.05, 0.1) is 11.6 Å². The second kappa shape index (κ2) is 9.90. The van der Waals surface area contributed by atoms with E-state index in [1.54, 1.807) is 12.1 Å². The summed E-state index contributed by atoms with van der Waals surface area (Å²) in [5.41, 5.74) is 4.35. The van der Waals surface area contributed by atoms with Crippen molar-refractivity contribution in [2.24, 2.45) is 0 Å². The summed E-state index contributed by atoms with van der Waals surface area (Å²) in [4.78, 5) is 17.4. The lowest BCUT2D eigenvalue weighted by Gasteiger charge is -2.13. The first kappa shape index (κ1) is 21.3. The number of fused-ring (bicyclic) bond motifs is 1. The molecule has 2 aromatic carbocycles. The Morgan fingerprint density at radius 1 is 1.23 bits per heavy atom. The van der Waals surface area contributed by atoms with Crippen LogP contribution in [0.25, 0.3) is 10.9 Å². The van der Waals surface area contributed by atoms with Crippen molar-refractivity contribution in [2.45, 2.75) is 39.3 Å². The summed E-state index contributed by atoms with van der Waals surface area (Å²) < 4.78 is 11.3. The topological polar surface area (TPSA) is 72.5 Å². The average Bonchev–Trinajstić information content (AvgIpc) is 3.32. The van der Waals surface area contributed by atoms with Gasteiger partial charge in [-0.2, -0.15) is 0 Å². The number of hydrogen-bond donors (Lipinski definition) is 2. The second-order valence-electron chi connectivity index (χ2n) is 7.86. The zero-order chi connectivity index (χ0) is 21.6. The highest BCUT2D eigenvalue weighted by atomic mass is 16.5. The van der Waals surface area contributed by atoms with Gasteiger partial charge >= 0.3 is 0 Å². The number of carbonyl (C=O) groups excluding carboxylic acids is 1. The Labute approximate surface area is 183 Å². The van der Waals surface area contributed by atoms with Crippen molar-refractivity contribution >= 4 is 22.5 Å². The fourth-order valence-electron chi connectivity index (χ4n) is 3.76. The lowest BCUT2D eigenvalue weighted by molar-refractivity contribution is 0.0679. The molecule has 2 heterocycles. The summed E-state index contributed by atoms with van der Waals surface area (Å²) in [6.07, 6.45) is 4.19. The fourth-order valence-corrected chi connectivity index (χ4v) is 3.76. The van der Waals surface area contributed by atoms with E-state index in [2.05, 4.69) is 28.6 Å². The quantitative estimate of drug-likeness (QED) is 0.564. The van der Waals surface area contributed by atoms with E-state index in [1.807, 2.05) is 37.4 Å². The van der Waals surface area contributed by atoms with Crippen LogP contribution in [0.15, 0.2) is 48.7 Å². The maximum Gasteiger partial charge on any atom is 0.255 e. The summed E-state index contributed by atoms with van der Waals surface area (Å²) in [5, 5.41) is 7.39. The van der Waals surface area contributed by atoms with Gasteiger partial charge < -0.3 is 20.1 Å². The predicted molar refractivity (Wildman–Crippen MR) is 123 cm³/mol. The lowest BCUT2D eigenvalue weighted by atomic mass is 10.1. The van der Waals surface area contributed by atoms with Crippen molar-refractivity contribution in [1.82, 2.24) is 10.3 Å². The molecule has 6 heteroatoms. The van der Waals surface area contributed by atoms with Crippen LogP contribution in [0.4, 0.5) is 5.69 Å². The van der Waals surface area contributed by atoms with Crippen molar-refractivity contribution in [3.8, 4) is 5.75 Å². The third kappa shape index (κ3) is 5.21. The number of amides is 1. The molecule has 162 valence electrons. The number of nitrogens with one attached hydrogen (secondary N) is 2. The molecule has 1 aliphatic heterocycles. The van der Waals surface area contributed by atoms with E-state index >= 15 is 0 Å². The standard InChI is InChI=1S/C25H29N3O3/c1-3-26-14-18-13-20-8-11-23(17(2)24(20)27-15-18)28-25(29)19-6-9-21(10-7-19)31-16-22-5-4-12-30-22/h6-11,13,15,22,26H,3-5,12,14,16H2,1-2H3,(H,28,29)/t22-/m0/s1. The summed E-state index contributed by atoms with van der Waals surface area (Å²) in [5.74, 6) is 0.586. The second-order valence-corrected chi connectivity index (χ2v) is 7.86. The van der Waals surface area contributed by atoms with Gasteiger partial charge in [0.1, 0.15) is 12.4 Å². The number of aromatic nitrogens is 1. The Morgan fingerprint density at radius 3 is 2.81 bits per heavy atom. The molecule has 1 aliphatic rings. The van der Waals surface area contributed by atoms with Crippen molar-refractivity contribution in [3.63, 3.8) is 0 Å². The number of pyridine rings is 1. The number of ether oxygens (including phenoxy) is 2. The lowest BCUT2D eigenvalue weighted by Crippen LogP contribution is -2.16. The third-order valence-corrected chi connectivity index (χ3v) is 5.57. The molecule has 1 atom stereocenters. The van der Waals surface area contributed by atoms with Crippen LogP contribution in [0.5, 0.6) is 5.75 Å². The number of benzene rings is 2. The van der Waals surface area contributed by atoms with E-state index in [0.717, 1.165) is 66.0 Å². The van der Waals surface area contributed by atoms with E-state index in [9.17, 15) is 4.79 Å². The van der Waals surface area contributed by atoms with Crippen molar-refractivity contribution in [1.29, 1.82) is 0 Å². The van der Waals surface area contributed by atoms with Crippen LogP contribution >= 0.6 is 0 Å². The molecule has 3 aromatic rings. The largest absolute Gasteiger partial charge is 0.491 e. The van der Waals surface area contributed by atoms with E-state index in [1.165, 1.54) is 0 Å². The first-order valence-corrected chi connectivity index (χ1v) is 10.9. The normalized spacial score (nSPS) is 15.9. The van der Waals surface area contributed by atoms with Crippen molar-refractivity contribution < 1.29 is 14.3 Å². The van der Waals surface area contributed by atoms with Gasteiger partial charge in [0.2, 0.25) is 0 Å². The minimum Gasteiger partial charge on any atom is -0.491 e. The molecule has 1 saturated heterocycles. The molecule has 0 unspecified atom stereocenters. The van der Waals surface area contributed by atoms with Crippen molar-refractivity contribution in [3.05, 3.63) is 65.4 Å². The maximum atomic E-state index is 12.8. The van der Waals surface area contributed by atoms with Gasteiger partial charge in [-0.05, 0) is 73.8 Å². The molecular formula is C25H29N3O3. The number of rotatable bonds is 8. The van der Waals surface area contributed by atoms with Crippen LogP contribution in [-0.4, -0.2) is 36.8 Å². The van der Waals surface area contributed by atoms with Crippen LogP contribution in [-0.2, 0) is 11.3 Å². The highest BCUT2D eigenvalue weighted by Crippen LogP contribution is 2.25. The Kier molecular flexibility index (Phi) is 6.79. The van der Waals surface area contributed by atoms with Crippen LogP contribution in [0.2, 0.25) is 0 Å². The smallest absolute Gasteiger partial charge is 0.255 e. The molecule has 0 spiro atoms. The first-order valence-electron chi connectivity index (χ1n) is 10.9. The van der Waals surface area contributed by atoms with Gasteiger partial charge in [0.15, 0.2) is 0 Å². The minimum absolute atomic E-state index is 0.156. The van der Waals surface area contributed by atoms with Crippen molar-refractivity contribution in [2.75, 3.05) is 25.1 Å². The Balaban J connectivity index is 1.41. The minimum atomic E-state index is -0.156. The monoisotopic (exact) mass is 419 g/mol. The SMILES string of the molecule is CCNCc1cnc2c(C)c(NC(=O)c3ccc(OC[C@@H]4CCCO4)cc3)ccc2c1. The van der Waals surface area contributed by atoms with Crippen LogP contribution in [0.1, 0.15) is 41.3 Å². The summed E-state index contributed by atoms with van der Waals surface area (Å²) >= 11 is 0. The highest BCUT2D eigenvalue weighted by Gasteiger charge is 2.16. The third-order valence-electron chi connectivity index (χ3n) is 5.57. The van der Waals surface area contributed by atoms with Gasteiger partial charge in [-0.1, -0.05) is 13.0 Å². The zero-order valence-electron chi connectivity index (χ0n) is 18.1. The molecule has 0 aliphatic carbocycles. The van der Waals surface area contributed by atoms with Crippen LogP contribution in [0.3, 0.4) is 0 Å². The molecule has 1 aromatic heterocycles. The van der Waals surface area contributed by atoms with Gasteiger partial charge in [0.25, 0.3) is 5.91 Å². The fraction of sp³-hybridized carbons (Fsp3) is 0.360. The molecule has 4 rings (SSSR count). The van der Waals surface area contributed by atoms with Gasteiger partial charge in [-0.25, -0.2) is 0 Å². The molecule has 1 amide bonds. The molecule has 2 N–H and O–H groups in total.